The van der Waals surface area contributed by atoms with Gasteiger partial charge in [-0.05, 0) is 6.07 Å². The molecule has 0 aliphatic heterocycles. The first kappa shape index (κ1) is 20.8. The monoisotopic (exact) mass is 349 g/mol. The van der Waals surface area contributed by atoms with Crippen LogP contribution in [0.15, 0.2) is 12.3 Å². The number of rotatable bonds is 6. The van der Waals surface area contributed by atoms with Crippen LogP contribution in [-0.2, 0) is 4.79 Å². The molecule has 9 heteroatoms. The normalized spacial score (nSPS) is 9.00. The Morgan fingerprint density at radius 1 is 1.42 bits per heavy atom. The third-order valence-corrected chi connectivity index (χ3v) is 2.29. The standard InChI is InChI=1S/C10H13Cl2N3O2.2ClH/c11-7-5-8(12)10(15-6-7)17-4-3-14-9(16)1-2-13;;/h5-6H,1-4,13H2,(H,14,16);2*1H. The van der Waals surface area contributed by atoms with Gasteiger partial charge < -0.3 is 15.8 Å². The van der Waals surface area contributed by atoms with E-state index in [4.69, 9.17) is 33.7 Å². The zero-order valence-corrected chi connectivity index (χ0v) is 13.0. The van der Waals surface area contributed by atoms with Crippen LogP contribution >= 0.6 is 48.0 Å². The Morgan fingerprint density at radius 2 is 2.11 bits per heavy atom. The number of aromatic nitrogens is 1. The van der Waals surface area contributed by atoms with E-state index in [1.807, 2.05) is 0 Å². The minimum Gasteiger partial charge on any atom is -0.475 e. The number of nitrogens with one attached hydrogen (secondary N) is 1. The Hall–Kier alpha value is -0.460. The molecule has 0 aliphatic carbocycles. The fraction of sp³-hybridized carbons (Fsp3) is 0.400. The highest BCUT2D eigenvalue weighted by atomic mass is 35.5. The summed E-state index contributed by atoms with van der Waals surface area (Å²) in [6, 6.07) is 1.54. The number of nitrogens with zero attached hydrogens (tertiary/aromatic N) is 1. The number of nitrogens with two attached hydrogens (primary N) is 1. The molecular weight excluding hydrogens is 336 g/mol. The molecule has 1 aromatic rings. The zero-order chi connectivity index (χ0) is 12.7. The van der Waals surface area contributed by atoms with Crippen molar-refractivity contribution in [3.8, 4) is 5.88 Å². The molecule has 0 aromatic carbocycles. The predicted molar refractivity (Wildman–Crippen MR) is 80.9 cm³/mol. The molecule has 0 spiro atoms. The van der Waals surface area contributed by atoms with Crippen molar-refractivity contribution in [3.05, 3.63) is 22.3 Å². The lowest BCUT2D eigenvalue weighted by molar-refractivity contribution is -0.121. The zero-order valence-electron chi connectivity index (χ0n) is 9.90. The number of pyridine rings is 1. The maximum absolute atomic E-state index is 11.1. The summed E-state index contributed by atoms with van der Waals surface area (Å²) >= 11 is 11.5. The van der Waals surface area contributed by atoms with Crippen molar-refractivity contribution in [1.29, 1.82) is 0 Å². The van der Waals surface area contributed by atoms with E-state index in [0.717, 1.165) is 0 Å². The number of halogens is 4. The summed E-state index contributed by atoms with van der Waals surface area (Å²) < 4.78 is 5.27. The van der Waals surface area contributed by atoms with Crippen LogP contribution in [0.2, 0.25) is 10.0 Å². The molecule has 0 saturated carbocycles. The Morgan fingerprint density at radius 3 is 2.68 bits per heavy atom. The highest BCUT2D eigenvalue weighted by molar-refractivity contribution is 6.35. The molecule has 0 unspecified atom stereocenters. The Balaban J connectivity index is 0. The van der Waals surface area contributed by atoms with Gasteiger partial charge in [-0.25, -0.2) is 4.98 Å². The Kier molecular flexibility index (Phi) is 12.5. The van der Waals surface area contributed by atoms with E-state index in [2.05, 4.69) is 10.3 Å². The van der Waals surface area contributed by atoms with Gasteiger partial charge in [-0.15, -0.1) is 24.8 Å². The number of carbonyl (C=O) groups is 1. The fourth-order valence-corrected chi connectivity index (χ4v) is 1.50. The first-order chi connectivity index (χ1) is 8.13. The van der Waals surface area contributed by atoms with Gasteiger partial charge in [-0.3, -0.25) is 4.79 Å². The first-order valence-corrected chi connectivity index (χ1v) is 5.79. The van der Waals surface area contributed by atoms with Crippen molar-refractivity contribution in [1.82, 2.24) is 10.3 Å². The summed E-state index contributed by atoms with van der Waals surface area (Å²) in [5, 5.41) is 3.43. The summed E-state index contributed by atoms with van der Waals surface area (Å²) in [4.78, 5) is 15.0. The van der Waals surface area contributed by atoms with E-state index in [1.54, 1.807) is 6.07 Å². The highest BCUT2D eigenvalue weighted by Crippen LogP contribution is 2.24. The summed E-state index contributed by atoms with van der Waals surface area (Å²) in [6.07, 6.45) is 1.75. The van der Waals surface area contributed by atoms with Crippen LogP contribution in [-0.4, -0.2) is 30.6 Å². The van der Waals surface area contributed by atoms with Gasteiger partial charge in [0.1, 0.15) is 11.6 Å². The van der Waals surface area contributed by atoms with Crippen molar-refractivity contribution in [3.63, 3.8) is 0 Å². The maximum Gasteiger partial charge on any atom is 0.232 e. The molecule has 0 atom stereocenters. The van der Waals surface area contributed by atoms with Crippen molar-refractivity contribution in [2.75, 3.05) is 19.7 Å². The van der Waals surface area contributed by atoms with Crippen molar-refractivity contribution in [2.45, 2.75) is 6.42 Å². The van der Waals surface area contributed by atoms with Gasteiger partial charge in [0.2, 0.25) is 11.8 Å². The minimum absolute atomic E-state index is 0. The first-order valence-electron chi connectivity index (χ1n) is 5.04. The summed E-state index contributed by atoms with van der Waals surface area (Å²) in [6.45, 7) is 0.987. The van der Waals surface area contributed by atoms with Crippen LogP contribution < -0.4 is 15.8 Å². The highest BCUT2D eigenvalue weighted by Gasteiger charge is 2.04. The van der Waals surface area contributed by atoms with E-state index >= 15 is 0 Å². The number of amides is 1. The van der Waals surface area contributed by atoms with E-state index in [9.17, 15) is 4.79 Å². The van der Waals surface area contributed by atoms with E-state index < -0.39 is 0 Å². The second-order valence-electron chi connectivity index (χ2n) is 3.18. The second kappa shape index (κ2) is 11.4. The molecule has 5 nitrogen and oxygen atoms in total. The van der Waals surface area contributed by atoms with Crippen LogP contribution in [0.5, 0.6) is 5.88 Å². The van der Waals surface area contributed by atoms with Gasteiger partial charge in [0.25, 0.3) is 0 Å². The molecule has 0 bridgehead atoms. The third-order valence-electron chi connectivity index (χ3n) is 1.81. The van der Waals surface area contributed by atoms with Gasteiger partial charge in [-0.1, -0.05) is 23.2 Å². The largest absolute Gasteiger partial charge is 0.475 e. The molecule has 3 N–H and O–H groups in total. The van der Waals surface area contributed by atoms with Gasteiger partial charge in [0, 0.05) is 19.2 Å². The van der Waals surface area contributed by atoms with Crippen LogP contribution in [0, 0.1) is 0 Å². The molecule has 110 valence electrons. The number of ether oxygens (including phenoxy) is 1. The summed E-state index contributed by atoms with van der Waals surface area (Å²) in [5.74, 6) is 0.190. The molecular formula is C10H15Cl4N3O2. The molecule has 1 aromatic heterocycles. The maximum atomic E-state index is 11.1. The number of hydrogen-bond acceptors (Lipinski definition) is 4. The molecule has 1 heterocycles. The fourth-order valence-electron chi connectivity index (χ4n) is 1.07. The molecule has 1 amide bonds. The number of carbonyl (C=O) groups excluding carboxylic acids is 1. The van der Waals surface area contributed by atoms with Crippen LogP contribution in [0.25, 0.3) is 0 Å². The average molecular weight is 351 g/mol. The summed E-state index contributed by atoms with van der Waals surface area (Å²) in [7, 11) is 0. The average Bonchev–Trinajstić information content (AvgIpc) is 2.27. The van der Waals surface area contributed by atoms with Gasteiger partial charge in [-0.2, -0.15) is 0 Å². The summed E-state index contributed by atoms with van der Waals surface area (Å²) in [5.41, 5.74) is 5.23. The Bertz CT molecular complexity index is 393. The second-order valence-corrected chi connectivity index (χ2v) is 4.02. The third kappa shape index (κ3) is 8.34. The molecule has 0 aliphatic rings. The van der Waals surface area contributed by atoms with Gasteiger partial charge >= 0.3 is 0 Å². The van der Waals surface area contributed by atoms with Crippen molar-refractivity contribution in [2.24, 2.45) is 5.73 Å². The van der Waals surface area contributed by atoms with Crippen molar-refractivity contribution >= 4 is 53.9 Å². The minimum atomic E-state index is -0.105. The lowest BCUT2D eigenvalue weighted by atomic mass is 10.4. The quantitative estimate of drug-likeness (QED) is 0.770. The number of hydrogen-bond donors (Lipinski definition) is 2. The van der Waals surface area contributed by atoms with Gasteiger partial charge in [0.05, 0.1) is 11.6 Å². The lowest BCUT2D eigenvalue weighted by Gasteiger charge is -2.07. The molecule has 1 rings (SSSR count). The smallest absolute Gasteiger partial charge is 0.232 e. The molecule has 0 fully saturated rings. The van der Waals surface area contributed by atoms with Crippen LogP contribution in [0.3, 0.4) is 0 Å². The topological polar surface area (TPSA) is 77.2 Å². The lowest BCUT2D eigenvalue weighted by Crippen LogP contribution is -2.29. The molecule has 0 saturated heterocycles. The van der Waals surface area contributed by atoms with E-state index in [1.165, 1.54) is 6.20 Å². The Labute approximate surface area is 134 Å². The predicted octanol–water partition coefficient (Wildman–Crippen LogP) is 2.08. The molecule has 0 radical (unpaired) electrons. The van der Waals surface area contributed by atoms with E-state index in [-0.39, 0.29) is 37.3 Å². The van der Waals surface area contributed by atoms with E-state index in [0.29, 0.717) is 35.4 Å². The SMILES string of the molecule is Cl.Cl.NCCC(=O)NCCOc1ncc(Cl)cc1Cl. The van der Waals surface area contributed by atoms with Crippen LogP contribution in [0.4, 0.5) is 0 Å². The van der Waals surface area contributed by atoms with Crippen molar-refractivity contribution < 1.29 is 9.53 Å². The van der Waals surface area contributed by atoms with Crippen LogP contribution in [0.1, 0.15) is 6.42 Å². The molecule has 19 heavy (non-hydrogen) atoms. The van der Waals surface area contributed by atoms with Gasteiger partial charge in [0.15, 0.2) is 0 Å².